The van der Waals surface area contributed by atoms with Gasteiger partial charge in [-0.1, -0.05) is 18.2 Å². The van der Waals surface area contributed by atoms with Crippen LogP contribution in [0.25, 0.3) is 5.69 Å². The van der Waals surface area contributed by atoms with Crippen LogP contribution in [-0.4, -0.2) is 16.8 Å². The van der Waals surface area contributed by atoms with Crippen LogP contribution in [0.4, 0.5) is 4.79 Å². The number of nitrogens with two attached hydrogens (primary N) is 1. The number of nitrogens with one attached hydrogen (secondary N) is 1. The van der Waals surface area contributed by atoms with Gasteiger partial charge in [-0.05, 0) is 18.2 Å². The molecule has 2 aromatic rings. The average Bonchev–Trinajstić information content (AvgIpc) is 2.78. The number of carbonyl (C=O) groups excluding carboxylic acids is 1. The summed E-state index contributed by atoms with van der Waals surface area (Å²) in [5.41, 5.74) is 8.97. The highest BCUT2D eigenvalue weighted by Crippen LogP contribution is 2.08. The van der Waals surface area contributed by atoms with Crippen molar-refractivity contribution in [3.63, 3.8) is 0 Å². The van der Waals surface area contributed by atoms with Crippen molar-refractivity contribution >= 4 is 12.2 Å². The molecule has 5 nitrogen and oxygen atoms in total. The van der Waals surface area contributed by atoms with Crippen LogP contribution in [0.1, 0.15) is 5.56 Å². The summed E-state index contributed by atoms with van der Waals surface area (Å²) < 4.78 is 1.96. The Hall–Kier alpha value is -2.56. The molecule has 0 atom stereocenters. The number of carbonyl (C=O) groups is 1. The van der Waals surface area contributed by atoms with Gasteiger partial charge in [0.15, 0.2) is 0 Å². The van der Waals surface area contributed by atoms with E-state index in [1.165, 1.54) is 6.21 Å². The van der Waals surface area contributed by atoms with Gasteiger partial charge in [0.05, 0.1) is 6.21 Å². The number of primary amides is 1. The summed E-state index contributed by atoms with van der Waals surface area (Å²) in [4.78, 5) is 10.4. The predicted octanol–water partition coefficient (Wildman–Crippen LogP) is 1.48. The van der Waals surface area contributed by atoms with E-state index in [1.807, 2.05) is 53.4 Å². The second kappa shape index (κ2) is 4.98. The topological polar surface area (TPSA) is 72.4 Å². The lowest BCUT2D eigenvalue weighted by atomic mass is 10.3. The van der Waals surface area contributed by atoms with Gasteiger partial charge < -0.3 is 10.3 Å². The lowest BCUT2D eigenvalue weighted by Gasteiger charge is -2.00. The molecule has 2 amide bonds. The van der Waals surface area contributed by atoms with Gasteiger partial charge in [-0.25, -0.2) is 10.2 Å². The summed E-state index contributed by atoms with van der Waals surface area (Å²) >= 11 is 0. The summed E-state index contributed by atoms with van der Waals surface area (Å²) in [5, 5.41) is 3.69. The molecule has 0 bridgehead atoms. The lowest BCUT2D eigenvalue weighted by Crippen LogP contribution is -2.24. The third-order valence-electron chi connectivity index (χ3n) is 2.16. The van der Waals surface area contributed by atoms with Crippen molar-refractivity contribution in [1.82, 2.24) is 9.99 Å². The summed E-state index contributed by atoms with van der Waals surface area (Å²) in [7, 11) is 0. The molecule has 17 heavy (non-hydrogen) atoms. The van der Waals surface area contributed by atoms with Crippen molar-refractivity contribution in [1.29, 1.82) is 0 Å². The van der Waals surface area contributed by atoms with Gasteiger partial charge in [-0.15, -0.1) is 0 Å². The van der Waals surface area contributed by atoms with Crippen molar-refractivity contribution in [2.75, 3.05) is 0 Å². The molecule has 86 valence electrons. The van der Waals surface area contributed by atoms with Crippen LogP contribution in [0.2, 0.25) is 0 Å². The Morgan fingerprint density at radius 2 is 2.06 bits per heavy atom. The largest absolute Gasteiger partial charge is 0.350 e. The first-order chi connectivity index (χ1) is 8.25. The molecular formula is C12H12N4O. The highest BCUT2D eigenvalue weighted by atomic mass is 16.2. The number of hydrazone groups is 1. The minimum absolute atomic E-state index is 0.677. The summed E-state index contributed by atoms with van der Waals surface area (Å²) in [5.74, 6) is 0. The van der Waals surface area contributed by atoms with Gasteiger partial charge in [0, 0.05) is 23.6 Å². The van der Waals surface area contributed by atoms with Crippen molar-refractivity contribution in [3.8, 4) is 5.69 Å². The van der Waals surface area contributed by atoms with Crippen LogP contribution in [0, 0.1) is 0 Å². The van der Waals surface area contributed by atoms with Crippen LogP contribution in [-0.2, 0) is 0 Å². The van der Waals surface area contributed by atoms with E-state index >= 15 is 0 Å². The Kier molecular flexibility index (Phi) is 3.20. The van der Waals surface area contributed by atoms with Gasteiger partial charge in [-0.3, -0.25) is 0 Å². The fraction of sp³-hybridized carbons (Fsp3) is 0. The van der Waals surface area contributed by atoms with E-state index in [0.29, 0.717) is 0 Å². The van der Waals surface area contributed by atoms with E-state index in [2.05, 4.69) is 10.5 Å². The van der Waals surface area contributed by atoms with E-state index in [4.69, 9.17) is 5.73 Å². The van der Waals surface area contributed by atoms with Crippen molar-refractivity contribution in [2.45, 2.75) is 0 Å². The monoisotopic (exact) mass is 228 g/mol. The molecule has 1 aromatic heterocycles. The van der Waals surface area contributed by atoms with Crippen LogP contribution in [0.15, 0.2) is 53.9 Å². The highest BCUT2D eigenvalue weighted by Gasteiger charge is 1.96. The number of aromatic nitrogens is 1. The first-order valence-electron chi connectivity index (χ1n) is 5.07. The first-order valence-corrected chi connectivity index (χ1v) is 5.07. The molecule has 0 aliphatic carbocycles. The molecule has 1 heterocycles. The van der Waals surface area contributed by atoms with E-state index in [1.54, 1.807) is 0 Å². The van der Waals surface area contributed by atoms with Gasteiger partial charge in [0.2, 0.25) is 0 Å². The van der Waals surface area contributed by atoms with Crippen molar-refractivity contribution in [3.05, 3.63) is 54.4 Å². The number of nitrogens with zero attached hydrogens (tertiary/aromatic N) is 2. The molecule has 0 aliphatic heterocycles. The molecule has 1 aromatic carbocycles. The zero-order valence-corrected chi connectivity index (χ0v) is 9.08. The standard InChI is InChI=1S/C12H12N4O/c13-12(17)15-14-8-10-6-7-16(9-10)11-4-2-1-3-5-11/h1-9H,(H3,13,15,17)/b14-8-. The van der Waals surface area contributed by atoms with Crippen molar-refractivity contribution in [2.24, 2.45) is 10.8 Å². The van der Waals surface area contributed by atoms with Gasteiger partial charge in [0.1, 0.15) is 0 Å². The number of rotatable bonds is 3. The second-order valence-electron chi connectivity index (χ2n) is 3.42. The van der Waals surface area contributed by atoms with Crippen LogP contribution in [0.3, 0.4) is 0 Å². The molecule has 0 fully saturated rings. The lowest BCUT2D eigenvalue weighted by molar-refractivity contribution is 0.249. The number of benzene rings is 1. The Morgan fingerprint density at radius 1 is 1.29 bits per heavy atom. The SMILES string of the molecule is NC(=O)N/N=C\c1ccn(-c2ccccc2)c1. The van der Waals surface area contributed by atoms with E-state index in [-0.39, 0.29) is 0 Å². The van der Waals surface area contributed by atoms with E-state index in [0.717, 1.165) is 11.3 Å². The maximum atomic E-state index is 10.4. The molecule has 0 saturated carbocycles. The normalized spacial score (nSPS) is 10.6. The Morgan fingerprint density at radius 3 is 2.76 bits per heavy atom. The van der Waals surface area contributed by atoms with Gasteiger partial charge in [0.25, 0.3) is 0 Å². The minimum Gasteiger partial charge on any atom is -0.350 e. The maximum Gasteiger partial charge on any atom is 0.332 e. The maximum absolute atomic E-state index is 10.4. The molecule has 0 radical (unpaired) electrons. The molecule has 0 unspecified atom stereocenters. The van der Waals surface area contributed by atoms with Crippen molar-refractivity contribution < 1.29 is 4.79 Å². The Balaban J connectivity index is 2.11. The molecule has 5 heteroatoms. The fourth-order valence-electron chi connectivity index (χ4n) is 1.42. The molecular weight excluding hydrogens is 216 g/mol. The van der Waals surface area contributed by atoms with Crippen LogP contribution < -0.4 is 11.2 Å². The van der Waals surface area contributed by atoms with E-state index in [9.17, 15) is 4.79 Å². The number of para-hydroxylation sites is 1. The average molecular weight is 228 g/mol. The Bertz CT molecular complexity index is 530. The number of amides is 2. The number of hydrogen-bond acceptors (Lipinski definition) is 2. The molecule has 0 spiro atoms. The van der Waals surface area contributed by atoms with Crippen LogP contribution >= 0.6 is 0 Å². The summed E-state index contributed by atoms with van der Waals surface area (Å²) in [6.07, 6.45) is 5.35. The molecule has 2 rings (SSSR count). The predicted molar refractivity (Wildman–Crippen MR) is 66.1 cm³/mol. The number of hydrogen-bond donors (Lipinski definition) is 2. The Labute approximate surface area is 98.6 Å². The van der Waals surface area contributed by atoms with E-state index < -0.39 is 6.03 Å². The third kappa shape index (κ3) is 2.94. The van der Waals surface area contributed by atoms with Gasteiger partial charge >= 0.3 is 6.03 Å². The minimum atomic E-state index is -0.677. The quantitative estimate of drug-likeness (QED) is 0.606. The zero-order chi connectivity index (χ0) is 12.1. The third-order valence-corrected chi connectivity index (χ3v) is 2.16. The number of urea groups is 1. The van der Waals surface area contributed by atoms with Crippen LogP contribution in [0.5, 0.6) is 0 Å². The van der Waals surface area contributed by atoms with Gasteiger partial charge in [-0.2, -0.15) is 5.10 Å². The first kappa shape index (κ1) is 10.9. The molecule has 3 N–H and O–H groups in total. The second-order valence-corrected chi connectivity index (χ2v) is 3.42. The summed E-state index contributed by atoms with van der Waals surface area (Å²) in [6, 6.07) is 11.1. The smallest absolute Gasteiger partial charge is 0.332 e. The zero-order valence-electron chi connectivity index (χ0n) is 9.08. The fourth-order valence-corrected chi connectivity index (χ4v) is 1.42. The molecule has 0 saturated heterocycles. The summed E-state index contributed by atoms with van der Waals surface area (Å²) in [6.45, 7) is 0. The molecule has 0 aliphatic rings. The highest BCUT2D eigenvalue weighted by molar-refractivity contribution is 5.81.